The number of hydrogen-bond donors (Lipinski definition) is 1. The lowest BCUT2D eigenvalue weighted by Crippen LogP contribution is -2.36. The summed E-state index contributed by atoms with van der Waals surface area (Å²) in [4.78, 5) is 0. The molecule has 4 rings (SSSR count). The van der Waals surface area contributed by atoms with Gasteiger partial charge in [0.1, 0.15) is 5.82 Å². The first-order valence-corrected chi connectivity index (χ1v) is 8.19. The molecule has 1 nitrogen and oxygen atoms in total. The van der Waals surface area contributed by atoms with Gasteiger partial charge in [-0.2, -0.15) is 0 Å². The van der Waals surface area contributed by atoms with Crippen molar-refractivity contribution in [3.8, 4) is 0 Å². The summed E-state index contributed by atoms with van der Waals surface area (Å²) in [6.07, 6.45) is 7.75. The van der Waals surface area contributed by atoms with Crippen LogP contribution in [0, 0.1) is 23.1 Å². The van der Waals surface area contributed by atoms with Crippen LogP contribution in [0.2, 0.25) is 5.02 Å². The van der Waals surface area contributed by atoms with Gasteiger partial charge in [0.05, 0.1) is 0 Å². The second-order valence-corrected chi connectivity index (χ2v) is 7.64. The molecule has 3 saturated carbocycles. The fourth-order valence-corrected chi connectivity index (χ4v) is 4.31. The van der Waals surface area contributed by atoms with Crippen LogP contribution >= 0.6 is 11.6 Å². The van der Waals surface area contributed by atoms with Crippen molar-refractivity contribution >= 4 is 11.6 Å². The van der Waals surface area contributed by atoms with E-state index in [1.165, 1.54) is 38.2 Å². The molecule has 1 aromatic rings. The summed E-state index contributed by atoms with van der Waals surface area (Å²) in [5.41, 5.74) is 1.48. The first-order valence-electron chi connectivity index (χ1n) is 7.81. The summed E-state index contributed by atoms with van der Waals surface area (Å²) in [6, 6.07) is 5.63. The summed E-state index contributed by atoms with van der Waals surface area (Å²) in [6.45, 7) is 1.11. The number of halogens is 2. The zero-order valence-corrected chi connectivity index (χ0v) is 12.4. The highest BCUT2D eigenvalue weighted by Crippen LogP contribution is 2.61. The molecule has 2 unspecified atom stereocenters. The minimum Gasteiger partial charge on any atom is -0.313 e. The monoisotopic (exact) mass is 293 g/mol. The molecule has 3 heteroatoms. The van der Waals surface area contributed by atoms with Crippen LogP contribution in [-0.4, -0.2) is 12.6 Å². The summed E-state index contributed by atoms with van der Waals surface area (Å²) in [5.74, 6) is 1.67. The second-order valence-electron chi connectivity index (χ2n) is 7.23. The maximum Gasteiger partial charge on any atom is 0.124 e. The molecular weight excluding hydrogens is 273 g/mol. The third-order valence-corrected chi connectivity index (χ3v) is 5.73. The van der Waals surface area contributed by atoms with Gasteiger partial charge in [-0.15, -0.1) is 0 Å². The molecule has 0 heterocycles. The summed E-state index contributed by atoms with van der Waals surface area (Å²) < 4.78 is 13.2. The Morgan fingerprint density at radius 2 is 2.00 bits per heavy atom. The van der Waals surface area contributed by atoms with Gasteiger partial charge in [-0.3, -0.25) is 0 Å². The standard InChI is InChI=1S/C17H21ClFN/c18-16-6-14(19)2-1-11(16)7-17(10-20-15-3-4-15)8-12-5-13(12)9-17/h1-2,6,12-13,15,20H,3-5,7-10H2. The summed E-state index contributed by atoms with van der Waals surface area (Å²) >= 11 is 6.23. The van der Waals surface area contributed by atoms with Crippen LogP contribution in [0.15, 0.2) is 18.2 Å². The number of rotatable bonds is 5. The number of nitrogens with one attached hydrogen (secondary N) is 1. The number of benzene rings is 1. The highest BCUT2D eigenvalue weighted by Gasteiger charge is 2.53. The summed E-state index contributed by atoms with van der Waals surface area (Å²) in [7, 11) is 0. The molecule has 0 spiro atoms. The molecule has 1 aromatic carbocycles. The van der Waals surface area contributed by atoms with E-state index in [1.807, 2.05) is 6.07 Å². The molecule has 3 aliphatic carbocycles. The van der Waals surface area contributed by atoms with Crippen molar-refractivity contribution in [2.24, 2.45) is 17.3 Å². The normalized spacial score (nSPS) is 35.1. The molecule has 2 atom stereocenters. The van der Waals surface area contributed by atoms with Crippen LogP contribution in [-0.2, 0) is 6.42 Å². The van der Waals surface area contributed by atoms with E-state index >= 15 is 0 Å². The van der Waals surface area contributed by atoms with Crippen LogP contribution in [0.5, 0.6) is 0 Å². The Kier molecular flexibility index (Phi) is 3.08. The SMILES string of the molecule is Fc1ccc(CC2(CNC3CC3)CC3CC3C2)c(Cl)c1. The van der Waals surface area contributed by atoms with E-state index in [2.05, 4.69) is 5.32 Å². The average Bonchev–Trinajstić information content (AvgIpc) is 3.32. The van der Waals surface area contributed by atoms with Crippen molar-refractivity contribution in [1.29, 1.82) is 0 Å². The Balaban J connectivity index is 1.51. The quantitative estimate of drug-likeness (QED) is 0.858. The van der Waals surface area contributed by atoms with Crippen LogP contribution in [0.4, 0.5) is 4.39 Å². The van der Waals surface area contributed by atoms with Gasteiger partial charge in [-0.25, -0.2) is 4.39 Å². The molecule has 0 saturated heterocycles. The van der Waals surface area contributed by atoms with Gasteiger partial charge in [-0.05, 0) is 73.5 Å². The zero-order valence-electron chi connectivity index (χ0n) is 11.7. The molecule has 108 valence electrons. The van der Waals surface area contributed by atoms with Crippen molar-refractivity contribution in [2.45, 2.75) is 44.6 Å². The first-order chi connectivity index (χ1) is 9.63. The van der Waals surface area contributed by atoms with Gasteiger partial charge in [-0.1, -0.05) is 17.7 Å². The number of fused-ring (bicyclic) bond motifs is 1. The predicted octanol–water partition coefficient (Wildman–Crippen LogP) is 4.19. The van der Waals surface area contributed by atoms with Crippen molar-refractivity contribution in [3.63, 3.8) is 0 Å². The largest absolute Gasteiger partial charge is 0.313 e. The van der Waals surface area contributed by atoms with E-state index < -0.39 is 0 Å². The number of hydrogen-bond acceptors (Lipinski definition) is 1. The van der Waals surface area contributed by atoms with Gasteiger partial charge in [0, 0.05) is 17.6 Å². The van der Waals surface area contributed by atoms with Gasteiger partial charge >= 0.3 is 0 Å². The fourth-order valence-electron chi connectivity index (χ4n) is 4.07. The summed E-state index contributed by atoms with van der Waals surface area (Å²) in [5, 5.41) is 4.31. The van der Waals surface area contributed by atoms with E-state index in [0.29, 0.717) is 10.4 Å². The van der Waals surface area contributed by atoms with Crippen LogP contribution in [0.3, 0.4) is 0 Å². The molecule has 1 N–H and O–H groups in total. The van der Waals surface area contributed by atoms with Crippen molar-refractivity contribution < 1.29 is 4.39 Å². The van der Waals surface area contributed by atoms with Gasteiger partial charge in [0.25, 0.3) is 0 Å². The molecule has 20 heavy (non-hydrogen) atoms. The van der Waals surface area contributed by atoms with Crippen molar-refractivity contribution in [1.82, 2.24) is 5.32 Å². The van der Waals surface area contributed by atoms with Crippen LogP contribution in [0.1, 0.15) is 37.7 Å². The van der Waals surface area contributed by atoms with Crippen LogP contribution < -0.4 is 5.32 Å². The van der Waals surface area contributed by atoms with E-state index in [1.54, 1.807) is 6.07 Å². The molecule has 0 aliphatic heterocycles. The topological polar surface area (TPSA) is 12.0 Å². The predicted molar refractivity (Wildman–Crippen MR) is 79.4 cm³/mol. The smallest absolute Gasteiger partial charge is 0.124 e. The Bertz CT molecular complexity index is 516. The Labute approximate surface area is 124 Å². The average molecular weight is 294 g/mol. The van der Waals surface area contributed by atoms with E-state index in [4.69, 9.17) is 11.6 Å². The molecule has 3 aliphatic rings. The zero-order chi connectivity index (χ0) is 13.7. The maximum absolute atomic E-state index is 13.2. The maximum atomic E-state index is 13.2. The Hall–Kier alpha value is -0.600. The Morgan fingerprint density at radius 3 is 2.65 bits per heavy atom. The van der Waals surface area contributed by atoms with Gasteiger partial charge in [0.2, 0.25) is 0 Å². The van der Waals surface area contributed by atoms with Crippen molar-refractivity contribution in [2.75, 3.05) is 6.54 Å². The van der Waals surface area contributed by atoms with Gasteiger partial charge < -0.3 is 5.32 Å². The lowest BCUT2D eigenvalue weighted by Gasteiger charge is -2.32. The third kappa shape index (κ3) is 2.60. The first kappa shape index (κ1) is 13.1. The minimum atomic E-state index is -0.238. The molecule has 0 bridgehead atoms. The van der Waals surface area contributed by atoms with E-state index in [-0.39, 0.29) is 5.82 Å². The van der Waals surface area contributed by atoms with E-state index in [9.17, 15) is 4.39 Å². The molecule has 3 fully saturated rings. The fraction of sp³-hybridized carbons (Fsp3) is 0.647. The lowest BCUT2D eigenvalue weighted by molar-refractivity contribution is 0.247. The highest BCUT2D eigenvalue weighted by atomic mass is 35.5. The third-order valence-electron chi connectivity index (χ3n) is 5.38. The van der Waals surface area contributed by atoms with Gasteiger partial charge in [0.15, 0.2) is 0 Å². The minimum absolute atomic E-state index is 0.238. The molecule has 0 radical (unpaired) electrons. The van der Waals surface area contributed by atoms with E-state index in [0.717, 1.165) is 36.4 Å². The van der Waals surface area contributed by atoms with Crippen LogP contribution in [0.25, 0.3) is 0 Å². The highest BCUT2D eigenvalue weighted by molar-refractivity contribution is 6.31. The Morgan fingerprint density at radius 1 is 1.25 bits per heavy atom. The van der Waals surface area contributed by atoms with Crippen molar-refractivity contribution in [3.05, 3.63) is 34.6 Å². The molecule has 0 amide bonds. The molecule has 0 aromatic heterocycles. The molecular formula is C17H21ClFN. The lowest BCUT2D eigenvalue weighted by atomic mass is 9.77. The second kappa shape index (κ2) is 4.71.